The number of carbonyl (C=O) groups is 6. The molecule has 0 spiro atoms. The van der Waals surface area contributed by atoms with E-state index in [0.29, 0.717) is 17.7 Å². The third-order valence-corrected chi connectivity index (χ3v) is 8.82. The molecule has 0 heterocycles. The molecule has 4 rings (SSSR count). The van der Waals surface area contributed by atoms with Crippen molar-refractivity contribution in [3.8, 4) is 11.1 Å². The van der Waals surface area contributed by atoms with Crippen LogP contribution in [0.15, 0.2) is 72.8 Å². The summed E-state index contributed by atoms with van der Waals surface area (Å²) in [5, 5.41) is 15.7. The summed E-state index contributed by atoms with van der Waals surface area (Å²) < 4.78 is 16.0. The molecule has 0 aliphatic heterocycles. The Bertz CT molecular complexity index is 1830. The normalized spacial score (nSPS) is 12.9. The second-order valence-corrected chi connectivity index (χ2v) is 14.8. The lowest BCUT2D eigenvalue weighted by atomic mass is 9.98. The molecular formula is C41H53N7O9. The predicted molar refractivity (Wildman–Crippen MR) is 213 cm³/mol. The van der Waals surface area contributed by atoms with Crippen LogP contribution in [0.2, 0.25) is 0 Å². The average Bonchev–Trinajstić information content (AvgIpc) is 3.48. The number of carbonyl (C=O) groups excluding carboxylic acids is 6. The summed E-state index contributed by atoms with van der Waals surface area (Å²) >= 11 is 0. The van der Waals surface area contributed by atoms with E-state index < -0.39 is 53.8 Å². The number of urea groups is 1. The number of nitrogens with two attached hydrogens (primary N) is 1. The van der Waals surface area contributed by atoms with Crippen molar-refractivity contribution in [1.29, 1.82) is 0 Å². The molecule has 8 N–H and O–H groups in total. The smallest absolute Gasteiger partial charge is 0.407 e. The first-order valence-corrected chi connectivity index (χ1v) is 18.8. The quantitative estimate of drug-likeness (QED) is 0.0730. The fourth-order valence-electron chi connectivity index (χ4n) is 6.11. The third-order valence-electron chi connectivity index (χ3n) is 8.82. The Morgan fingerprint density at radius 2 is 1.30 bits per heavy atom. The number of hydrogen-bond acceptors (Lipinski definition) is 9. The van der Waals surface area contributed by atoms with Crippen LogP contribution in [0.25, 0.3) is 11.1 Å². The highest BCUT2D eigenvalue weighted by molar-refractivity contribution is 5.98. The summed E-state index contributed by atoms with van der Waals surface area (Å²) in [6.45, 7) is 9.21. The molecule has 0 fully saturated rings. The van der Waals surface area contributed by atoms with Gasteiger partial charge in [-0.3, -0.25) is 9.59 Å². The van der Waals surface area contributed by atoms with E-state index in [-0.39, 0.29) is 51.1 Å². The number of rotatable bonds is 17. The van der Waals surface area contributed by atoms with Gasteiger partial charge in [0.15, 0.2) is 0 Å². The number of anilines is 1. The molecule has 2 unspecified atom stereocenters. The van der Waals surface area contributed by atoms with Gasteiger partial charge in [0.25, 0.3) is 0 Å². The lowest BCUT2D eigenvalue weighted by Crippen LogP contribution is -2.54. The summed E-state index contributed by atoms with van der Waals surface area (Å²) in [4.78, 5) is 75.3. The van der Waals surface area contributed by atoms with Gasteiger partial charge in [-0.05, 0) is 79.5 Å². The van der Waals surface area contributed by atoms with E-state index >= 15 is 0 Å². The van der Waals surface area contributed by atoms with Crippen LogP contribution in [0.4, 0.5) is 24.9 Å². The third kappa shape index (κ3) is 13.7. The predicted octanol–water partition coefficient (Wildman–Crippen LogP) is 4.87. The Kier molecular flexibility index (Phi) is 15.7. The molecule has 0 bridgehead atoms. The number of benzene rings is 3. The van der Waals surface area contributed by atoms with Crippen LogP contribution in [0.1, 0.15) is 70.1 Å². The van der Waals surface area contributed by atoms with Crippen molar-refractivity contribution in [2.24, 2.45) is 11.7 Å². The maximum Gasteiger partial charge on any atom is 0.407 e. The zero-order chi connectivity index (χ0) is 41.5. The molecule has 3 aromatic carbocycles. The number of amides is 7. The van der Waals surface area contributed by atoms with Crippen molar-refractivity contribution in [1.82, 2.24) is 26.6 Å². The lowest BCUT2D eigenvalue weighted by Gasteiger charge is -2.25. The molecule has 16 heteroatoms. The maximum atomic E-state index is 13.6. The maximum absolute atomic E-state index is 13.6. The molecule has 0 radical (unpaired) electrons. The molecule has 7 amide bonds. The van der Waals surface area contributed by atoms with Gasteiger partial charge < -0.3 is 51.8 Å². The van der Waals surface area contributed by atoms with Crippen molar-refractivity contribution in [2.45, 2.75) is 77.7 Å². The minimum atomic E-state index is -1.05. The van der Waals surface area contributed by atoms with Crippen LogP contribution >= 0.6 is 0 Å². The van der Waals surface area contributed by atoms with E-state index in [2.05, 4.69) is 31.9 Å². The summed E-state index contributed by atoms with van der Waals surface area (Å²) in [6, 6.07) is 19.7. The topological polar surface area (TPSA) is 228 Å². The number of fused-ring (bicyclic) bond motifs is 3. The Hall–Kier alpha value is -6.32. The number of hydrogen-bond donors (Lipinski definition) is 7. The molecule has 2 atom stereocenters. The van der Waals surface area contributed by atoms with Gasteiger partial charge in [-0.15, -0.1) is 0 Å². The Balaban J connectivity index is 1.30. The summed E-state index contributed by atoms with van der Waals surface area (Å²) in [7, 11) is 0. The van der Waals surface area contributed by atoms with E-state index in [4.69, 9.17) is 19.9 Å². The van der Waals surface area contributed by atoms with E-state index in [1.807, 2.05) is 48.5 Å². The number of ether oxygens (including phenoxy) is 3. The average molecular weight is 788 g/mol. The van der Waals surface area contributed by atoms with Crippen molar-refractivity contribution in [2.75, 3.05) is 31.6 Å². The highest BCUT2D eigenvalue weighted by atomic mass is 16.6. The minimum Gasteiger partial charge on any atom is -0.449 e. The van der Waals surface area contributed by atoms with Crippen LogP contribution in [-0.4, -0.2) is 80.1 Å². The van der Waals surface area contributed by atoms with Gasteiger partial charge in [-0.25, -0.2) is 19.2 Å². The molecule has 0 saturated heterocycles. The van der Waals surface area contributed by atoms with Crippen molar-refractivity contribution >= 4 is 41.8 Å². The van der Waals surface area contributed by atoms with E-state index in [9.17, 15) is 28.8 Å². The van der Waals surface area contributed by atoms with Gasteiger partial charge in [0.1, 0.15) is 30.9 Å². The van der Waals surface area contributed by atoms with Gasteiger partial charge in [0.05, 0.1) is 0 Å². The SMILES string of the molecule is CC(C)C(NC(=O)OCC1c2ccccc2-c2ccccc21)C(=O)NC(CCCNC(N)=O)C(=O)Nc1ccc(COC(=O)NCCNC(=O)OC(C)(C)C)cc1. The van der Waals surface area contributed by atoms with Crippen LogP contribution in [0, 0.1) is 5.92 Å². The van der Waals surface area contributed by atoms with Gasteiger partial charge in [0, 0.05) is 31.2 Å². The second-order valence-electron chi connectivity index (χ2n) is 14.8. The van der Waals surface area contributed by atoms with Crippen LogP contribution in [0.5, 0.6) is 0 Å². The van der Waals surface area contributed by atoms with Crippen LogP contribution < -0.4 is 37.6 Å². The molecular weight excluding hydrogens is 734 g/mol. The highest BCUT2D eigenvalue weighted by Gasteiger charge is 2.32. The first-order valence-electron chi connectivity index (χ1n) is 18.8. The van der Waals surface area contributed by atoms with Gasteiger partial charge >= 0.3 is 24.3 Å². The standard InChI is InChI=1S/C41H53N7O9/c1-25(2)34(48-40(54)56-24-32-30-13-8-6-11-28(30)29-12-7-9-14-31(29)32)36(50)47-33(15-10-20-43-37(42)51)35(49)46-27-18-16-26(17-19-27)23-55-38(52)44-21-22-45-39(53)57-41(3,4)5/h6-9,11-14,16-19,25,32-34H,10,15,20-24H2,1-5H3,(H,44,52)(H,45,53)(H,46,49)(H,47,50)(H,48,54)(H3,42,43,51). The van der Waals surface area contributed by atoms with E-state index in [0.717, 1.165) is 22.3 Å². The largest absolute Gasteiger partial charge is 0.449 e. The molecule has 0 saturated carbocycles. The first kappa shape index (κ1) is 43.4. The van der Waals surface area contributed by atoms with E-state index in [1.54, 1.807) is 58.9 Å². The summed E-state index contributed by atoms with van der Waals surface area (Å²) in [6.07, 6.45) is -1.60. The summed E-state index contributed by atoms with van der Waals surface area (Å²) in [5.74, 6) is -1.65. The Morgan fingerprint density at radius 1 is 0.702 bits per heavy atom. The van der Waals surface area contributed by atoms with Gasteiger partial charge in [-0.1, -0.05) is 74.5 Å². The number of alkyl carbamates (subject to hydrolysis) is 3. The summed E-state index contributed by atoms with van der Waals surface area (Å²) in [5.41, 5.74) is 9.88. The number of primary amides is 1. The molecule has 3 aromatic rings. The molecule has 1 aliphatic carbocycles. The molecule has 16 nitrogen and oxygen atoms in total. The van der Waals surface area contributed by atoms with Gasteiger partial charge in [0.2, 0.25) is 11.8 Å². The molecule has 0 aromatic heterocycles. The van der Waals surface area contributed by atoms with Gasteiger partial charge in [-0.2, -0.15) is 0 Å². The zero-order valence-corrected chi connectivity index (χ0v) is 32.9. The van der Waals surface area contributed by atoms with Crippen LogP contribution in [0.3, 0.4) is 0 Å². The Morgan fingerprint density at radius 3 is 1.88 bits per heavy atom. The zero-order valence-electron chi connectivity index (χ0n) is 32.9. The van der Waals surface area contributed by atoms with Crippen molar-refractivity contribution in [3.05, 3.63) is 89.5 Å². The van der Waals surface area contributed by atoms with Crippen molar-refractivity contribution in [3.63, 3.8) is 0 Å². The fraction of sp³-hybridized carbons (Fsp3) is 0.415. The van der Waals surface area contributed by atoms with E-state index in [1.165, 1.54) is 0 Å². The first-order chi connectivity index (χ1) is 27.1. The monoisotopic (exact) mass is 787 g/mol. The molecule has 1 aliphatic rings. The number of nitrogens with one attached hydrogen (secondary N) is 6. The fourth-order valence-corrected chi connectivity index (χ4v) is 6.11. The van der Waals surface area contributed by atoms with Crippen LogP contribution in [-0.2, 0) is 30.4 Å². The van der Waals surface area contributed by atoms with Crippen molar-refractivity contribution < 1.29 is 43.0 Å². The highest BCUT2D eigenvalue weighted by Crippen LogP contribution is 2.44. The second kappa shape index (κ2) is 20.6. The molecule has 306 valence electrons. The minimum absolute atomic E-state index is 0.0572. The lowest BCUT2D eigenvalue weighted by molar-refractivity contribution is -0.128. The molecule has 57 heavy (non-hydrogen) atoms. The Labute approximate surface area is 332 Å².